The first-order valence-electron chi connectivity index (χ1n) is 19.0. The number of carbonyl (C=O) groups is 7. The van der Waals surface area contributed by atoms with Crippen LogP contribution in [0.2, 0.25) is 0 Å². The number of ether oxygens (including phenoxy) is 11. The van der Waals surface area contributed by atoms with Crippen LogP contribution in [0.25, 0.3) is 0 Å². The van der Waals surface area contributed by atoms with Crippen molar-refractivity contribution in [2.45, 2.75) is 84.5 Å². The summed E-state index contributed by atoms with van der Waals surface area (Å²) in [5.74, 6) is -4.92. The lowest BCUT2D eigenvalue weighted by atomic mass is 9.97. The van der Waals surface area contributed by atoms with Crippen molar-refractivity contribution in [2.75, 3.05) is 46.7 Å². The smallest absolute Gasteiger partial charge is 0.467 e. The summed E-state index contributed by atoms with van der Waals surface area (Å²) < 4.78 is 59.0. The van der Waals surface area contributed by atoms with Crippen LogP contribution in [0.5, 0.6) is 11.5 Å². The van der Waals surface area contributed by atoms with E-state index in [1.54, 1.807) is 20.8 Å². The summed E-state index contributed by atoms with van der Waals surface area (Å²) in [7, 11) is 1.01. The molecule has 1 saturated heterocycles. The number of hydroxylamine groups is 1. The van der Waals surface area contributed by atoms with E-state index in [1.165, 1.54) is 30.3 Å². The van der Waals surface area contributed by atoms with Gasteiger partial charge in [-0.3, -0.25) is 34.1 Å². The number of nitrogens with zero attached hydrogens (tertiary/aromatic N) is 1. The number of esters is 4. The molecule has 0 bridgehead atoms. The minimum atomic E-state index is -1.82. The highest BCUT2D eigenvalue weighted by Crippen LogP contribution is 2.33. The molecule has 63 heavy (non-hydrogen) atoms. The van der Waals surface area contributed by atoms with Crippen LogP contribution in [-0.4, -0.2) is 130 Å². The second-order valence-electron chi connectivity index (χ2n) is 13.9. The number of hydrogen-bond acceptors (Lipinski definition) is 21. The number of nitrogens with one attached hydrogen (secondary N) is 2. The highest BCUT2D eigenvalue weighted by atomic mass is 16.7. The van der Waals surface area contributed by atoms with Gasteiger partial charge in [-0.05, 0) is 50.6 Å². The molecule has 24 nitrogen and oxygen atoms in total. The normalized spacial score (nSPS) is 18.1. The summed E-state index contributed by atoms with van der Waals surface area (Å²) in [6.45, 7) is 8.03. The largest absolute Gasteiger partial charge is 0.514 e. The maximum Gasteiger partial charge on any atom is 0.514 e. The van der Waals surface area contributed by atoms with Crippen molar-refractivity contribution in [1.82, 2.24) is 10.8 Å². The Bertz CT molecular complexity index is 1920. The summed E-state index contributed by atoms with van der Waals surface area (Å²) >= 11 is 0. The third-order valence-corrected chi connectivity index (χ3v) is 7.76. The monoisotopic (exact) mass is 895 g/mol. The van der Waals surface area contributed by atoms with Gasteiger partial charge in [0, 0.05) is 39.4 Å². The van der Waals surface area contributed by atoms with Crippen LogP contribution in [0.15, 0.2) is 42.5 Å². The van der Waals surface area contributed by atoms with Gasteiger partial charge in [-0.2, -0.15) is 5.48 Å². The van der Waals surface area contributed by atoms with E-state index in [4.69, 9.17) is 56.9 Å². The summed E-state index contributed by atoms with van der Waals surface area (Å²) in [5, 5.41) is 13.6. The van der Waals surface area contributed by atoms with E-state index >= 15 is 0 Å². The van der Waals surface area contributed by atoms with Gasteiger partial charge < -0.3 is 57.4 Å². The second kappa shape index (κ2) is 24.7. The quantitative estimate of drug-likeness (QED) is 0.0454. The number of amides is 2. The summed E-state index contributed by atoms with van der Waals surface area (Å²) in [4.78, 5) is 103. The van der Waals surface area contributed by atoms with Crippen LogP contribution in [-0.2, 0) is 73.3 Å². The molecule has 0 aliphatic carbocycles. The molecular weight excluding hydrogens is 846 g/mol. The van der Waals surface area contributed by atoms with Crippen LogP contribution in [0.3, 0.4) is 0 Å². The zero-order valence-corrected chi connectivity index (χ0v) is 35.4. The minimum absolute atomic E-state index is 0.00193. The summed E-state index contributed by atoms with van der Waals surface area (Å²) in [6.07, 6.45) is -10.6. The molecule has 0 radical (unpaired) electrons. The third kappa shape index (κ3) is 17.7. The van der Waals surface area contributed by atoms with Crippen molar-refractivity contribution in [3.8, 4) is 11.5 Å². The van der Waals surface area contributed by atoms with Crippen molar-refractivity contribution < 1.29 is 95.4 Å². The predicted octanol–water partition coefficient (Wildman–Crippen LogP) is 2.60. The SMILES string of the molecule is COC(=O)C1O[C@@H](Oc2ccc(COC(=O)Oc3ccc([N+](=O)[O-])cc3)cc2C(=O)NCCOCCOCCONC(=O)OC(C)(C)C)[C@H](OC(C)=O)C(OC(C)=O)[C@@H]1OC(C)=O. The highest BCUT2D eigenvalue weighted by molar-refractivity contribution is 5.97. The molecule has 1 fully saturated rings. The molecule has 0 spiro atoms. The maximum atomic E-state index is 13.7. The molecule has 1 heterocycles. The van der Waals surface area contributed by atoms with E-state index in [9.17, 15) is 43.7 Å². The van der Waals surface area contributed by atoms with E-state index < -0.39 is 89.9 Å². The van der Waals surface area contributed by atoms with Gasteiger partial charge in [0.15, 0.2) is 18.3 Å². The van der Waals surface area contributed by atoms with Crippen LogP contribution < -0.4 is 20.3 Å². The lowest BCUT2D eigenvalue weighted by Crippen LogP contribution is -2.64. The number of non-ortho nitro benzene ring substituents is 1. The van der Waals surface area contributed by atoms with Gasteiger partial charge in [0.25, 0.3) is 11.6 Å². The first-order valence-corrected chi connectivity index (χ1v) is 19.0. The Hall–Kier alpha value is -6.63. The maximum absolute atomic E-state index is 13.7. The van der Waals surface area contributed by atoms with Gasteiger partial charge in [0.05, 0.1) is 50.6 Å². The van der Waals surface area contributed by atoms with Crippen molar-refractivity contribution in [2.24, 2.45) is 0 Å². The molecular formula is C39H49N3O21. The molecule has 1 aliphatic rings. The molecule has 2 aromatic rings. The van der Waals surface area contributed by atoms with Gasteiger partial charge in [0.2, 0.25) is 12.4 Å². The van der Waals surface area contributed by atoms with Crippen LogP contribution in [0.4, 0.5) is 15.3 Å². The average Bonchev–Trinajstić information content (AvgIpc) is 3.20. The molecule has 2 N–H and O–H groups in total. The fraction of sp³-hybridized carbons (Fsp3) is 0.513. The summed E-state index contributed by atoms with van der Waals surface area (Å²) in [5.41, 5.74) is 1.20. The third-order valence-electron chi connectivity index (χ3n) is 7.76. The lowest BCUT2D eigenvalue weighted by Gasteiger charge is -2.43. The average molecular weight is 896 g/mol. The Labute approximate surface area is 360 Å². The number of nitro groups is 1. The molecule has 24 heteroatoms. The van der Waals surface area contributed by atoms with E-state index in [1.807, 2.05) is 0 Å². The van der Waals surface area contributed by atoms with Gasteiger partial charge >= 0.3 is 36.1 Å². The first kappa shape index (κ1) is 50.7. The Balaban J connectivity index is 1.77. The predicted molar refractivity (Wildman–Crippen MR) is 208 cm³/mol. The van der Waals surface area contributed by atoms with Crippen molar-refractivity contribution in [3.63, 3.8) is 0 Å². The van der Waals surface area contributed by atoms with Gasteiger partial charge in [-0.1, -0.05) is 6.07 Å². The molecule has 2 aromatic carbocycles. The van der Waals surface area contributed by atoms with Gasteiger partial charge in [-0.15, -0.1) is 0 Å². The Morgan fingerprint density at radius 2 is 1.40 bits per heavy atom. The Kier molecular flexibility index (Phi) is 19.9. The van der Waals surface area contributed by atoms with Crippen molar-refractivity contribution >= 4 is 47.7 Å². The second-order valence-corrected chi connectivity index (χ2v) is 13.9. The Morgan fingerprint density at radius 3 is 2.00 bits per heavy atom. The number of rotatable bonds is 21. The van der Waals surface area contributed by atoms with Crippen molar-refractivity contribution in [1.29, 1.82) is 0 Å². The number of carbonyl (C=O) groups excluding carboxylic acids is 7. The molecule has 2 unspecified atom stereocenters. The fourth-order valence-corrected chi connectivity index (χ4v) is 5.31. The van der Waals surface area contributed by atoms with E-state index in [-0.39, 0.29) is 67.9 Å². The Morgan fingerprint density at radius 1 is 0.794 bits per heavy atom. The van der Waals surface area contributed by atoms with E-state index in [2.05, 4.69) is 10.8 Å². The molecule has 2 amide bonds. The van der Waals surface area contributed by atoms with Crippen LogP contribution >= 0.6 is 0 Å². The molecule has 346 valence electrons. The van der Waals surface area contributed by atoms with E-state index in [0.29, 0.717) is 0 Å². The molecule has 5 atom stereocenters. The van der Waals surface area contributed by atoms with Crippen molar-refractivity contribution in [3.05, 3.63) is 63.7 Å². The number of benzene rings is 2. The van der Waals surface area contributed by atoms with Gasteiger partial charge in [0.1, 0.15) is 23.7 Å². The van der Waals surface area contributed by atoms with Crippen LogP contribution in [0.1, 0.15) is 57.5 Å². The van der Waals surface area contributed by atoms with Crippen LogP contribution in [0, 0.1) is 10.1 Å². The highest BCUT2D eigenvalue weighted by Gasteiger charge is 2.56. The molecule has 1 aliphatic heterocycles. The van der Waals surface area contributed by atoms with E-state index in [0.717, 1.165) is 40.0 Å². The number of hydrogen-bond donors (Lipinski definition) is 2. The number of nitro benzene ring substituents is 1. The topological polar surface area (TPSA) is 297 Å². The standard InChI is InChI=1S/C39H49N3O21/c1-22(43)57-30-31(58-23(2)44)33(59-24(3)45)36(62-32(30)35(47)52-7)61-29-13-8-25(21-55-38(49)60-27-11-9-26(10-12-27)42(50)51)20-28(29)34(46)40-14-15-53-16-17-54-18-19-56-41-37(48)63-39(4,5)6/h8-13,20,30-33,36H,14-19,21H2,1-7H3,(H,40,46)(H,41,48)/t30-,31?,32?,33+,36+/m0/s1. The number of methoxy groups -OCH3 is 1. The molecule has 0 saturated carbocycles. The van der Waals surface area contributed by atoms with Gasteiger partial charge in [-0.25, -0.2) is 14.4 Å². The minimum Gasteiger partial charge on any atom is -0.467 e. The first-order chi connectivity index (χ1) is 29.8. The lowest BCUT2D eigenvalue weighted by molar-refractivity contribution is -0.384. The molecule has 3 rings (SSSR count). The zero-order chi connectivity index (χ0) is 46.7. The zero-order valence-electron chi connectivity index (χ0n) is 35.4. The molecule has 0 aromatic heterocycles. The fourth-order valence-electron chi connectivity index (χ4n) is 5.31. The summed E-state index contributed by atoms with van der Waals surface area (Å²) in [6, 6.07) is 8.53.